The molecule has 3 rings (SSSR count). The molecule has 1 amide bonds. The first kappa shape index (κ1) is 15.5. The zero-order valence-electron chi connectivity index (χ0n) is 13.8. The summed E-state index contributed by atoms with van der Waals surface area (Å²) in [6, 6.07) is 8.75. The number of carbonyl (C=O) groups is 1. The SMILES string of the molecule is Cc1ccccc1C1CCN(CC(=O)N2CCCCC2)CC1. The predicted molar refractivity (Wildman–Crippen MR) is 90.0 cm³/mol. The van der Waals surface area contributed by atoms with Gasteiger partial charge in [-0.15, -0.1) is 0 Å². The van der Waals surface area contributed by atoms with Crippen LogP contribution >= 0.6 is 0 Å². The number of nitrogens with zero attached hydrogens (tertiary/aromatic N) is 2. The molecule has 2 heterocycles. The highest BCUT2D eigenvalue weighted by molar-refractivity contribution is 5.78. The molecule has 120 valence electrons. The van der Waals surface area contributed by atoms with Crippen molar-refractivity contribution in [2.24, 2.45) is 0 Å². The minimum Gasteiger partial charge on any atom is -0.342 e. The van der Waals surface area contributed by atoms with Crippen molar-refractivity contribution in [2.45, 2.75) is 44.9 Å². The Labute approximate surface area is 134 Å². The Balaban J connectivity index is 1.49. The fourth-order valence-corrected chi connectivity index (χ4v) is 3.88. The molecule has 22 heavy (non-hydrogen) atoms. The lowest BCUT2D eigenvalue weighted by Gasteiger charge is -2.34. The van der Waals surface area contributed by atoms with Crippen LogP contribution in [0.25, 0.3) is 0 Å². The molecule has 2 aliphatic rings. The Morgan fingerprint density at radius 1 is 1.05 bits per heavy atom. The second kappa shape index (κ2) is 7.28. The van der Waals surface area contributed by atoms with Crippen LogP contribution in [-0.2, 0) is 4.79 Å². The van der Waals surface area contributed by atoms with E-state index in [1.54, 1.807) is 0 Å². The maximum absolute atomic E-state index is 12.4. The number of amides is 1. The van der Waals surface area contributed by atoms with Gasteiger partial charge in [0.25, 0.3) is 0 Å². The molecular weight excluding hydrogens is 272 g/mol. The Morgan fingerprint density at radius 3 is 2.41 bits per heavy atom. The molecule has 0 N–H and O–H groups in total. The Hall–Kier alpha value is -1.35. The average molecular weight is 300 g/mol. The first-order valence-corrected chi connectivity index (χ1v) is 8.79. The minimum absolute atomic E-state index is 0.342. The van der Waals surface area contributed by atoms with Crippen LogP contribution in [0.5, 0.6) is 0 Å². The summed E-state index contributed by atoms with van der Waals surface area (Å²) in [5, 5.41) is 0. The fraction of sp³-hybridized carbons (Fsp3) is 0.632. The predicted octanol–water partition coefficient (Wildman–Crippen LogP) is 3.19. The fourth-order valence-electron chi connectivity index (χ4n) is 3.88. The van der Waals surface area contributed by atoms with Crippen LogP contribution in [0.15, 0.2) is 24.3 Å². The molecule has 0 aliphatic carbocycles. The number of piperidine rings is 2. The smallest absolute Gasteiger partial charge is 0.236 e. The Morgan fingerprint density at radius 2 is 1.73 bits per heavy atom. The zero-order chi connectivity index (χ0) is 15.4. The summed E-state index contributed by atoms with van der Waals surface area (Å²) in [6.45, 7) is 6.89. The number of rotatable bonds is 3. The van der Waals surface area contributed by atoms with Gasteiger partial charge in [-0.05, 0) is 69.2 Å². The summed E-state index contributed by atoms with van der Waals surface area (Å²) in [5.41, 5.74) is 2.91. The second-order valence-electron chi connectivity index (χ2n) is 6.85. The summed E-state index contributed by atoms with van der Waals surface area (Å²) in [4.78, 5) is 16.8. The molecular formula is C19H28N2O. The molecule has 3 heteroatoms. The van der Waals surface area contributed by atoms with Gasteiger partial charge in [0.05, 0.1) is 6.54 Å². The maximum Gasteiger partial charge on any atom is 0.236 e. The third-order valence-corrected chi connectivity index (χ3v) is 5.28. The normalized spacial score (nSPS) is 21.0. The van der Waals surface area contributed by atoms with Gasteiger partial charge in [-0.3, -0.25) is 9.69 Å². The lowest BCUT2D eigenvalue weighted by atomic mass is 9.87. The summed E-state index contributed by atoms with van der Waals surface area (Å²) < 4.78 is 0. The average Bonchev–Trinajstić information content (AvgIpc) is 2.57. The van der Waals surface area contributed by atoms with Gasteiger partial charge in [0.15, 0.2) is 0 Å². The van der Waals surface area contributed by atoms with Crippen molar-refractivity contribution < 1.29 is 4.79 Å². The molecule has 2 aliphatic heterocycles. The first-order chi connectivity index (χ1) is 10.7. The molecule has 0 bridgehead atoms. The van der Waals surface area contributed by atoms with Gasteiger partial charge >= 0.3 is 0 Å². The lowest BCUT2D eigenvalue weighted by molar-refractivity contribution is -0.133. The van der Waals surface area contributed by atoms with Crippen molar-refractivity contribution in [1.82, 2.24) is 9.80 Å². The van der Waals surface area contributed by atoms with Crippen LogP contribution in [0.3, 0.4) is 0 Å². The number of hydrogen-bond acceptors (Lipinski definition) is 2. The third kappa shape index (κ3) is 3.70. The molecule has 0 atom stereocenters. The van der Waals surface area contributed by atoms with E-state index in [2.05, 4.69) is 41.0 Å². The van der Waals surface area contributed by atoms with Crippen LogP contribution in [0, 0.1) is 6.92 Å². The van der Waals surface area contributed by atoms with E-state index in [1.165, 1.54) is 43.2 Å². The molecule has 2 fully saturated rings. The van der Waals surface area contributed by atoms with E-state index in [0.29, 0.717) is 18.4 Å². The van der Waals surface area contributed by atoms with Gasteiger partial charge in [0.2, 0.25) is 5.91 Å². The van der Waals surface area contributed by atoms with Gasteiger partial charge < -0.3 is 4.90 Å². The summed E-state index contributed by atoms with van der Waals surface area (Å²) in [7, 11) is 0. The van der Waals surface area contributed by atoms with Crippen molar-refractivity contribution in [3.63, 3.8) is 0 Å². The minimum atomic E-state index is 0.342. The van der Waals surface area contributed by atoms with Crippen molar-refractivity contribution in [2.75, 3.05) is 32.7 Å². The van der Waals surface area contributed by atoms with E-state index in [0.717, 1.165) is 26.2 Å². The van der Waals surface area contributed by atoms with Crippen molar-refractivity contribution in [1.29, 1.82) is 0 Å². The van der Waals surface area contributed by atoms with E-state index in [4.69, 9.17) is 0 Å². The highest BCUT2D eigenvalue weighted by Gasteiger charge is 2.25. The molecule has 0 spiro atoms. The third-order valence-electron chi connectivity index (χ3n) is 5.28. The monoisotopic (exact) mass is 300 g/mol. The Bertz CT molecular complexity index is 500. The van der Waals surface area contributed by atoms with Gasteiger partial charge in [-0.25, -0.2) is 0 Å². The molecule has 0 unspecified atom stereocenters. The lowest BCUT2D eigenvalue weighted by Crippen LogP contribution is -2.44. The molecule has 2 saturated heterocycles. The molecule has 0 aromatic heterocycles. The molecule has 3 nitrogen and oxygen atoms in total. The van der Waals surface area contributed by atoms with E-state index in [9.17, 15) is 4.79 Å². The van der Waals surface area contributed by atoms with Crippen molar-refractivity contribution in [3.05, 3.63) is 35.4 Å². The van der Waals surface area contributed by atoms with Crippen LogP contribution in [-0.4, -0.2) is 48.4 Å². The highest BCUT2D eigenvalue weighted by Crippen LogP contribution is 2.30. The number of carbonyl (C=O) groups excluding carboxylic acids is 1. The summed E-state index contributed by atoms with van der Waals surface area (Å²) in [5.74, 6) is 1.01. The van der Waals surface area contributed by atoms with Gasteiger partial charge in [0.1, 0.15) is 0 Å². The Kier molecular flexibility index (Phi) is 5.14. The number of aryl methyl sites for hydroxylation is 1. The highest BCUT2D eigenvalue weighted by atomic mass is 16.2. The number of likely N-dealkylation sites (tertiary alicyclic amines) is 2. The van der Waals surface area contributed by atoms with Crippen molar-refractivity contribution >= 4 is 5.91 Å². The number of hydrogen-bond donors (Lipinski definition) is 0. The number of benzene rings is 1. The van der Waals surface area contributed by atoms with Crippen LogP contribution in [0.4, 0.5) is 0 Å². The van der Waals surface area contributed by atoms with Crippen molar-refractivity contribution in [3.8, 4) is 0 Å². The maximum atomic E-state index is 12.4. The standard InChI is InChI=1S/C19H28N2O/c1-16-7-3-4-8-18(16)17-9-13-20(14-10-17)15-19(22)21-11-5-2-6-12-21/h3-4,7-8,17H,2,5-6,9-15H2,1H3. The molecule has 0 saturated carbocycles. The van der Waals surface area contributed by atoms with E-state index in [-0.39, 0.29) is 0 Å². The summed E-state index contributed by atoms with van der Waals surface area (Å²) >= 11 is 0. The van der Waals surface area contributed by atoms with E-state index >= 15 is 0 Å². The summed E-state index contributed by atoms with van der Waals surface area (Å²) in [6.07, 6.45) is 6.00. The molecule has 1 aromatic rings. The van der Waals surface area contributed by atoms with E-state index in [1.807, 2.05) is 0 Å². The largest absolute Gasteiger partial charge is 0.342 e. The second-order valence-corrected chi connectivity index (χ2v) is 6.85. The van der Waals surface area contributed by atoms with Crippen LogP contribution in [0.2, 0.25) is 0 Å². The van der Waals surface area contributed by atoms with Gasteiger partial charge in [-0.2, -0.15) is 0 Å². The van der Waals surface area contributed by atoms with Gasteiger partial charge in [0, 0.05) is 13.1 Å². The topological polar surface area (TPSA) is 23.6 Å². The van der Waals surface area contributed by atoms with Crippen LogP contribution < -0.4 is 0 Å². The van der Waals surface area contributed by atoms with E-state index < -0.39 is 0 Å². The quantitative estimate of drug-likeness (QED) is 0.856. The molecule has 0 radical (unpaired) electrons. The molecule has 1 aromatic carbocycles. The van der Waals surface area contributed by atoms with Crippen LogP contribution in [0.1, 0.15) is 49.1 Å². The first-order valence-electron chi connectivity index (χ1n) is 8.79. The van der Waals surface area contributed by atoms with Gasteiger partial charge in [-0.1, -0.05) is 24.3 Å². The zero-order valence-corrected chi connectivity index (χ0v) is 13.8.